The summed E-state index contributed by atoms with van der Waals surface area (Å²) in [6.45, 7) is 5.00. The molecule has 0 saturated carbocycles. The van der Waals surface area contributed by atoms with Crippen molar-refractivity contribution in [2.45, 2.75) is 13.1 Å². The first-order chi connectivity index (χ1) is 12.7. The van der Waals surface area contributed by atoms with Crippen LogP contribution in [-0.4, -0.2) is 13.1 Å². The molecule has 124 valence electrons. The molecule has 3 heterocycles. The van der Waals surface area contributed by atoms with Crippen molar-refractivity contribution < 1.29 is 0 Å². The molecule has 0 atom stereocenters. The largest absolute Gasteiger partial charge is 0.256 e. The van der Waals surface area contributed by atoms with Crippen LogP contribution >= 0.6 is 11.3 Å². The second-order valence-corrected chi connectivity index (χ2v) is 13.0. The number of aromatic nitrogens is 1. The van der Waals surface area contributed by atoms with Gasteiger partial charge in [-0.15, -0.1) is 11.3 Å². The van der Waals surface area contributed by atoms with E-state index in [0.29, 0.717) is 0 Å². The van der Waals surface area contributed by atoms with Crippen molar-refractivity contribution in [2.24, 2.45) is 0 Å². The maximum atomic E-state index is 4.89. The molecule has 0 fully saturated rings. The third-order valence-electron chi connectivity index (χ3n) is 5.89. The average molecular weight is 368 g/mol. The van der Waals surface area contributed by atoms with Gasteiger partial charge in [0.1, 0.15) is 8.07 Å². The molecule has 26 heavy (non-hydrogen) atoms. The Balaban J connectivity index is 1.96. The van der Waals surface area contributed by atoms with Crippen molar-refractivity contribution >= 4 is 60.7 Å². The summed E-state index contributed by atoms with van der Waals surface area (Å²) in [5.74, 6) is 0. The van der Waals surface area contributed by atoms with Crippen LogP contribution in [0.25, 0.3) is 42.2 Å². The first kappa shape index (κ1) is 14.7. The Labute approximate surface area is 156 Å². The Kier molecular flexibility index (Phi) is 2.71. The Morgan fingerprint density at radius 1 is 0.808 bits per heavy atom. The fourth-order valence-electron chi connectivity index (χ4n) is 4.77. The highest BCUT2D eigenvalue weighted by Gasteiger charge is 2.36. The van der Waals surface area contributed by atoms with Gasteiger partial charge >= 0.3 is 0 Å². The Morgan fingerprint density at radius 3 is 2.58 bits per heavy atom. The Hall–Kier alpha value is -2.49. The summed E-state index contributed by atoms with van der Waals surface area (Å²) >= 11 is 1.90. The van der Waals surface area contributed by atoms with Gasteiger partial charge in [0.05, 0.1) is 5.69 Å². The summed E-state index contributed by atoms with van der Waals surface area (Å²) in [5.41, 5.74) is 2.50. The van der Waals surface area contributed by atoms with E-state index in [-0.39, 0.29) is 0 Å². The minimum atomic E-state index is -1.90. The standard InChI is InChI=1S/C23H17NSSi/c1-26(2)19-9-5-8-17-20(19)21-18(25-17)12-13-24-22(21)16-11-10-14-6-3-4-7-15(14)23(16)26/h3-13H,1-2H3. The lowest BCUT2D eigenvalue weighted by Gasteiger charge is -2.27. The number of pyridine rings is 1. The highest BCUT2D eigenvalue weighted by atomic mass is 32.1. The number of hydrogen-bond acceptors (Lipinski definition) is 2. The average Bonchev–Trinajstić information content (AvgIpc) is 3.01. The minimum Gasteiger partial charge on any atom is -0.256 e. The lowest BCUT2D eigenvalue weighted by molar-refractivity contribution is 1.37. The van der Waals surface area contributed by atoms with E-state index < -0.39 is 8.07 Å². The van der Waals surface area contributed by atoms with Gasteiger partial charge in [-0.3, -0.25) is 4.98 Å². The zero-order valence-electron chi connectivity index (χ0n) is 14.7. The van der Waals surface area contributed by atoms with Crippen molar-refractivity contribution in [2.75, 3.05) is 0 Å². The lowest BCUT2D eigenvalue weighted by atomic mass is 10.0. The first-order valence-electron chi connectivity index (χ1n) is 8.99. The van der Waals surface area contributed by atoms with Crippen molar-refractivity contribution in [1.29, 1.82) is 0 Å². The third-order valence-corrected chi connectivity index (χ3v) is 10.6. The Bertz CT molecular complexity index is 1360. The molecule has 0 unspecified atom stereocenters. The molecular formula is C23H17NSSi. The molecule has 1 aliphatic heterocycles. The molecule has 2 aromatic heterocycles. The van der Waals surface area contributed by atoms with E-state index in [1.807, 2.05) is 17.5 Å². The van der Waals surface area contributed by atoms with E-state index in [1.54, 1.807) is 5.19 Å². The monoisotopic (exact) mass is 367 g/mol. The zero-order valence-corrected chi connectivity index (χ0v) is 16.5. The third kappa shape index (κ3) is 1.67. The topological polar surface area (TPSA) is 12.9 Å². The SMILES string of the molecule is C[Si]1(C)c2c(ccc3ccccc23)-c2nccc3sc4cccc1c4c23. The molecule has 0 amide bonds. The number of rotatable bonds is 0. The summed E-state index contributed by atoms with van der Waals surface area (Å²) in [7, 11) is -1.90. The van der Waals surface area contributed by atoms with Gasteiger partial charge in [0.2, 0.25) is 0 Å². The molecule has 0 radical (unpaired) electrons. The van der Waals surface area contributed by atoms with Crippen LogP contribution in [0.15, 0.2) is 66.9 Å². The smallest absolute Gasteiger partial charge is 0.114 e. The van der Waals surface area contributed by atoms with Crippen molar-refractivity contribution in [3.63, 3.8) is 0 Å². The fourth-order valence-corrected chi connectivity index (χ4v) is 9.43. The Morgan fingerprint density at radius 2 is 1.65 bits per heavy atom. The van der Waals surface area contributed by atoms with E-state index >= 15 is 0 Å². The second kappa shape index (κ2) is 4.81. The maximum Gasteiger partial charge on any atom is 0.114 e. The molecule has 0 saturated heterocycles. The molecule has 3 heteroatoms. The van der Waals surface area contributed by atoms with Gasteiger partial charge in [-0.1, -0.05) is 61.6 Å². The van der Waals surface area contributed by atoms with Crippen LogP contribution in [0.3, 0.4) is 0 Å². The van der Waals surface area contributed by atoms with E-state index in [9.17, 15) is 0 Å². The van der Waals surface area contributed by atoms with E-state index in [2.05, 4.69) is 73.8 Å². The highest BCUT2D eigenvalue weighted by Crippen LogP contribution is 2.41. The number of benzene rings is 3. The van der Waals surface area contributed by atoms with Gasteiger partial charge in [-0.2, -0.15) is 0 Å². The molecule has 1 nitrogen and oxygen atoms in total. The quantitative estimate of drug-likeness (QED) is 0.334. The van der Waals surface area contributed by atoms with Gasteiger partial charge < -0.3 is 0 Å². The van der Waals surface area contributed by atoms with Crippen molar-refractivity contribution in [3.8, 4) is 11.3 Å². The van der Waals surface area contributed by atoms with Crippen LogP contribution in [0.2, 0.25) is 13.1 Å². The van der Waals surface area contributed by atoms with Crippen molar-refractivity contribution in [1.82, 2.24) is 4.98 Å². The summed E-state index contributed by atoms with van der Waals surface area (Å²) in [6.07, 6.45) is 1.98. The highest BCUT2D eigenvalue weighted by molar-refractivity contribution is 7.26. The van der Waals surface area contributed by atoms with Crippen LogP contribution in [0.4, 0.5) is 0 Å². The number of fused-ring (bicyclic) bond motifs is 4. The van der Waals surface area contributed by atoms with Crippen LogP contribution in [0.5, 0.6) is 0 Å². The van der Waals surface area contributed by atoms with Crippen LogP contribution < -0.4 is 10.4 Å². The van der Waals surface area contributed by atoms with Gasteiger partial charge in [0, 0.05) is 31.9 Å². The van der Waals surface area contributed by atoms with Crippen LogP contribution in [0.1, 0.15) is 0 Å². The predicted octanol–water partition coefficient (Wildman–Crippen LogP) is 5.41. The molecule has 0 aliphatic carbocycles. The number of thiophene rings is 1. The molecule has 3 aromatic carbocycles. The van der Waals surface area contributed by atoms with Crippen LogP contribution in [-0.2, 0) is 0 Å². The van der Waals surface area contributed by atoms with Crippen molar-refractivity contribution in [3.05, 3.63) is 66.9 Å². The summed E-state index contributed by atoms with van der Waals surface area (Å²) in [5, 5.41) is 8.61. The molecule has 1 aliphatic rings. The first-order valence-corrected chi connectivity index (χ1v) is 12.8. The molecule has 0 spiro atoms. The van der Waals surface area contributed by atoms with Gasteiger partial charge in [0.15, 0.2) is 0 Å². The van der Waals surface area contributed by atoms with E-state index in [0.717, 1.165) is 0 Å². The van der Waals surface area contributed by atoms with Gasteiger partial charge in [0.25, 0.3) is 0 Å². The van der Waals surface area contributed by atoms with E-state index in [4.69, 9.17) is 4.98 Å². The molecule has 0 N–H and O–H groups in total. The van der Waals surface area contributed by atoms with E-state index in [1.165, 1.54) is 47.4 Å². The van der Waals surface area contributed by atoms with Crippen LogP contribution in [0, 0.1) is 0 Å². The summed E-state index contributed by atoms with van der Waals surface area (Å²) in [6, 6.07) is 22.5. The molecule has 5 aromatic rings. The predicted molar refractivity (Wildman–Crippen MR) is 117 cm³/mol. The van der Waals surface area contributed by atoms with Gasteiger partial charge in [-0.25, -0.2) is 0 Å². The summed E-state index contributed by atoms with van der Waals surface area (Å²) < 4.78 is 2.74. The zero-order chi connectivity index (χ0) is 17.5. The summed E-state index contributed by atoms with van der Waals surface area (Å²) in [4.78, 5) is 4.89. The lowest BCUT2D eigenvalue weighted by Crippen LogP contribution is -2.53. The number of hydrogen-bond donors (Lipinski definition) is 0. The maximum absolute atomic E-state index is 4.89. The normalized spacial score (nSPS) is 14.8. The minimum absolute atomic E-state index is 1.17. The fraction of sp³-hybridized carbons (Fsp3) is 0.0870. The molecular weight excluding hydrogens is 350 g/mol. The molecule has 0 bridgehead atoms. The van der Waals surface area contributed by atoms with Gasteiger partial charge in [-0.05, 0) is 33.3 Å². The second-order valence-electron chi connectivity index (χ2n) is 7.65. The number of nitrogens with zero attached hydrogens (tertiary/aromatic N) is 1. The molecule has 6 rings (SSSR count).